The fraction of sp³-hybridized carbons (Fsp3) is 0.560. The van der Waals surface area contributed by atoms with Crippen LogP contribution in [0.5, 0.6) is 0 Å². The van der Waals surface area contributed by atoms with E-state index in [4.69, 9.17) is 4.74 Å². The van der Waals surface area contributed by atoms with E-state index in [-0.39, 0.29) is 18.4 Å². The molecule has 6 nitrogen and oxygen atoms in total. The third-order valence-corrected chi connectivity index (χ3v) is 6.99. The maximum atomic E-state index is 13.4. The van der Waals surface area contributed by atoms with Gasteiger partial charge in [-0.1, -0.05) is 43.2 Å². The van der Waals surface area contributed by atoms with Crippen molar-refractivity contribution in [1.82, 2.24) is 15.3 Å². The van der Waals surface area contributed by atoms with Crippen molar-refractivity contribution < 1.29 is 14.6 Å². The van der Waals surface area contributed by atoms with Gasteiger partial charge in [-0.25, -0.2) is 14.8 Å². The lowest BCUT2D eigenvalue weighted by Crippen LogP contribution is -2.44. The second-order valence-electron chi connectivity index (χ2n) is 8.97. The molecule has 2 aliphatic rings. The molecule has 0 spiro atoms. The summed E-state index contributed by atoms with van der Waals surface area (Å²) in [5.41, 5.74) is -0.0720. The van der Waals surface area contributed by atoms with E-state index in [1.54, 1.807) is 12.5 Å². The van der Waals surface area contributed by atoms with Crippen LogP contribution < -0.4 is 5.32 Å². The standard InChI is InChI=1S/C25H33N3O3/c29-24(25(30,22-8-4-5-9-22)21-6-2-1-3-7-21)31-17-20(23-12-15-27-18-28-23)16-19-10-13-26-14-11-19/h1-3,6-7,12,15,18-20,22,26,30H,4-5,8-11,13-14,16-17H2. The Kier molecular flexibility index (Phi) is 7.30. The number of nitrogens with zero attached hydrogens (tertiary/aromatic N) is 2. The number of hydrogen-bond donors (Lipinski definition) is 2. The van der Waals surface area contributed by atoms with Crippen molar-refractivity contribution in [2.75, 3.05) is 19.7 Å². The van der Waals surface area contributed by atoms with Crippen LogP contribution >= 0.6 is 0 Å². The lowest BCUT2D eigenvalue weighted by atomic mass is 9.80. The number of aromatic nitrogens is 2. The fourth-order valence-electron chi connectivity index (χ4n) is 5.18. The van der Waals surface area contributed by atoms with E-state index in [1.807, 2.05) is 36.4 Å². The zero-order valence-corrected chi connectivity index (χ0v) is 18.1. The Balaban J connectivity index is 1.51. The first-order valence-corrected chi connectivity index (χ1v) is 11.6. The number of hydrogen-bond acceptors (Lipinski definition) is 6. The largest absolute Gasteiger partial charge is 0.463 e. The Morgan fingerprint density at radius 3 is 2.55 bits per heavy atom. The molecule has 1 saturated carbocycles. The molecule has 0 amide bonds. The predicted octanol–water partition coefficient (Wildman–Crippen LogP) is 3.57. The minimum Gasteiger partial charge on any atom is -0.463 e. The van der Waals surface area contributed by atoms with Crippen molar-refractivity contribution in [2.45, 2.75) is 56.5 Å². The highest BCUT2D eigenvalue weighted by Gasteiger charge is 2.48. The summed E-state index contributed by atoms with van der Waals surface area (Å²) in [6.07, 6.45) is 10.2. The molecule has 2 aromatic rings. The van der Waals surface area contributed by atoms with E-state index < -0.39 is 11.6 Å². The van der Waals surface area contributed by atoms with Crippen molar-refractivity contribution in [3.63, 3.8) is 0 Å². The number of carbonyl (C=O) groups excluding carboxylic acids is 1. The van der Waals surface area contributed by atoms with Gasteiger partial charge in [-0.3, -0.25) is 0 Å². The molecule has 1 saturated heterocycles. The average Bonchev–Trinajstić information content (AvgIpc) is 3.38. The van der Waals surface area contributed by atoms with E-state index in [0.717, 1.165) is 63.7 Å². The summed E-state index contributed by atoms with van der Waals surface area (Å²) < 4.78 is 5.87. The lowest BCUT2D eigenvalue weighted by Gasteiger charge is -2.33. The topological polar surface area (TPSA) is 84.3 Å². The van der Waals surface area contributed by atoms with Crippen LogP contribution in [0.4, 0.5) is 0 Å². The first kappa shape index (κ1) is 21.9. The zero-order chi connectivity index (χ0) is 21.5. The highest BCUT2D eigenvalue weighted by molar-refractivity contribution is 5.81. The molecule has 1 aromatic carbocycles. The SMILES string of the molecule is O=C(OCC(CC1CCNCC1)c1ccncn1)C(O)(c1ccccc1)C1CCCC1. The van der Waals surface area contributed by atoms with Gasteiger partial charge >= 0.3 is 5.97 Å². The first-order chi connectivity index (χ1) is 15.2. The molecule has 0 bridgehead atoms. The summed E-state index contributed by atoms with van der Waals surface area (Å²) in [6, 6.07) is 11.2. The van der Waals surface area contributed by atoms with Crippen molar-refractivity contribution in [3.8, 4) is 0 Å². The minimum atomic E-state index is -1.59. The highest BCUT2D eigenvalue weighted by atomic mass is 16.5. The number of benzene rings is 1. The number of carbonyl (C=O) groups is 1. The van der Waals surface area contributed by atoms with Crippen LogP contribution in [0.15, 0.2) is 48.9 Å². The summed E-state index contributed by atoms with van der Waals surface area (Å²) in [7, 11) is 0. The molecular weight excluding hydrogens is 390 g/mol. The molecule has 2 fully saturated rings. The Bertz CT molecular complexity index is 820. The Morgan fingerprint density at radius 2 is 1.87 bits per heavy atom. The first-order valence-electron chi connectivity index (χ1n) is 11.6. The van der Waals surface area contributed by atoms with E-state index in [0.29, 0.717) is 11.5 Å². The monoisotopic (exact) mass is 423 g/mol. The van der Waals surface area contributed by atoms with Gasteiger partial charge in [-0.05, 0) is 62.7 Å². The lowest BCUT2D eigenvalue weighted by molar-refractivity contribution is -0.174. The van der Waals surface area contributed by atoms with Gasteiger partial charge in [0.1, 0.15) is 6.33 Å². The van der Waals surface area contributed by atoms with Crippen LogP contribution in [0, 0.1) is 11.8 Å². The average molecular weight is 424 g/mol. The molecule has 166 valence electrons. The van der Waals surface area contributed by atoms with Gasteiger partial charge in [0.25, 0.3) is 0 Å². The smallest absolute Gasteiger partial charge is 0.343 e. The number of nitrogens with one attached hydrogen (secondary N) is 1. The molecule has 1 aliphatic heterocycles. The van der Waals surface area contributed by atoms with Crippen LogP contribution in [0.25, 0.3) is 0 Å². The van der Waals surface area contributed by atoms with Gasteiger partial charge in [0.05, 0.1) is 12.3 Å². The van der Waals surface area contributed by atoms with E-state index >= 15 is 0 Å². The quantitative estimate of drug-likeness (QED) is 0.632. The fourth-order valence-corrected chi connectivity index (χ4v) is 5.18. The molecular formula is C25H33N3O3. The van der Waals surface area contributed by atoms with Crippen LogP contribution in [0.2, 0.25) is 0 Å². The van der Waals surface area contributed by atoms with Crippen molar-refractivity contribution >= 4 is 5.97 Å². The molecule has 4 rings (SSSR count). The van der Waals surface area contributed by atoms with Gasteiger partial charge in [0.15, 0.2) is 5.60 Å². The van der Waals surface area contributed by atoms with Crippen LogP contribution in [0.1, 0.15) is 62.1 Å². The second kappa shape index (κ2) is 10.3. The molecule has 2 heterocycles. The Morgan fingerprint density at radius 1 is 1.13 bits per heavy atom. The van der Waals surface area contributed by atoms with Gasteiger partial charge in [-0.2, -0.15) is 0 Å². The zero-order valence-electron chi connectivity index (χ0n) is 18.1. The Labute approximate surface area is 184 Å². The van der Waals surface area contributed by atoms with Gasteiger partial charge in [0.2, 0.25) is 0 Å². The summed E-state index contributed by atoms with van der Waals surface area (Å²) in [4.78, 5) is 21.8. The van der Waals surface area contributed by atoms with Crippen LogP contribution in [-0.4, -0.2) is 40.7 Å². The number of esters is 1. The van der Waals surface area contributed by atoms with Gasteiger partial charge < -0.3 is 15.2 Å². The summed E-state index contributed by atoms with van der Waals surface area (Å²) in [5, 5.41) is 15.1. The van der Waals surface area contributed by atoms with E-state index in [9.17, 15) is 9.90 Å². The number of ether oxygens (including phenoxy) is 1. The molecule has 0 radical (unpaired) electrons. The van der Waals surface area contributed by atoms with Crippen LogP contribution in [-0.2, 0) is 15.1 Å². The maximum absolute atomic E-state index is 13.4. The number of piperidine rings is 1. The normalized spacial score (nSPS) is 20.8. The summed E-state index contributed by atoms with van der Waals surface area (Å²) in [6.45, 7) is 2.27. The Hall–Kier alpha value is -2.31. The number of rotatable bonds is 8. The maximum Gasteiger partial charge on any atom is 0.343 e. The van der Waals surface area contributed by atoms with E-state index in [1.165, 1.54) is 0 Å². The third-order valence-electron chi connectivity index (χ3n) is 6.99. The van der Waals surface area contributed by atoms with Gasteiger partial charge in [0, 0.05) is 18.0 Å². The second-order valence-corrected chi connectivity index (χ2v) is 8.97. The van der Waals surface area contributed by atoms with Crippen LogP contribution in [0.3, 0.4) is 0 Å². The summed E-state index contributed by atoms with van der Waals surface area (Å²) in [5.74, 6) is -0.0688. The number of aliphatic hydroxyl groups is 1. The third kappa shape index (κ3) is 5.13. The molecule has 1 aromatic heterocycles. The van der Waals surface area contributed by atoms with E-state index in [2.05, 4.69) is 15.3 Å². The van der Waals surface area contributed by atoms with Crippen molar-refractivity contribution in [1.29, 1.82) is 0 Å². The van der Waals surface area contributed by atoms with Crippen molar-refractivity contribution in [2.24, 2.45) is 11.8 Å². The molecule has 2 N–H and O–H groups in total. The molecule has 2 atom stereocenters. The molecule has 6 heteroatoms. The molecule has 1 aliphatic carbocycles. The molecule has 31 heavy (non-hydrogen) atoms. The van der Waals surface area contributed by atoms with Gasteiger partial charge in [-0.15, -0.1) is 0 Å². The summed E-state index contributed by atoms with van der Waals surface area (Å²) >= 11 is 0. The molecule has 2 unspecified atom stereocenters. The van der Waals surface area contributed by atoms with Crippen molar-refractivity contribution in [3.05, 3.63) is 60.2 Å². The predicted molar refractivity (Wildman–Crippen MR) is 118 cm³/mol. The highest BCUT2D eigenvalue weighted by Crippen LogP contribution is 2.41. The minimum absolute atomic E-state index is 0.00125.